The van der Waals surface area contributed by atoms with Gasteiger partial charge in [-0.05, 0) is 37.4 Å². The van der Waals surface area contributed by atoms with Gasteiger partial charge in [0.15, 0.2) is 0 Å². The summed E-state index contributed by atoms with van der Waals surface area (Å²) < 4.78 is 40.2. The molecule has 1 aromatic heterocycles. The Bertz CT molecular complexity index is 338. The Morgan fingerprint density at radius 1 is 1.47 bits per heavy atom. The number of halogens is 3. The lowest BCUT2D eigenvalue weighted by molar-refractivity contribution is -0.174. The van der Waals surface area contributed by atoms with Crippen molar-refractivity contribution in [2.24, 2.45) is 0 Å². The minimum atomic E-state index is -4.24. The third-order valence-corrected chi connectivity index (χ3v) is 3.30. The van der Waals surface area contributed by atoms with E-state index in [0.717, 1.165) is 5.56 Å². The maximum atomic E-state index is 11.9. The van der Waals surface area contributed by atoms with Crippen molar-refractivity contribution in [1.82, 2.24) is 5.32 Å². The van der Waals surface area contributed by atoms with E-state index in [-0.39, 0.29) is 12.6 Å². The first-order valence-electron chi connectivity index (χ1n) is 5.30. The molecule has 0 amide bonds. The van der Waals surface area contributed by atoms with Crippen LogP contribution in [0.25, 0.3) is 0 Å². The van der Waals surface area contributed by atoms with E-state index in [9.17, 15) is 13.2 Å². The van der Waals surface area contributed by atoms with Crippen molar-refractivity contribution in [2.45, 2.75) is 25.6 Å². The number of nitrogens with one attached hydrogen (secondary N) is 1. The summed E-state index contributed by atoms with van der Waals surface area (Å²) in [5.41, 5.74) is 1.13. The van der Waals surface area contributed by atoms with Gasteiger partial charge in [0.1, 0.15) is 6.61 Å². The van der Waals surface area contributed by atoms with Crippen LogP contribution in [0.5, 0.6) is 0 Å². The van der Waals surface area contributed by atoms with Gasteiger partial charge in [0.05, 0.1) is 0 Å². The van der Waals surface area contributed by atoms with Gasteiger partial charge >= 0.3 is 6.18 Å². The third-order valence-electron chi connectivity index (χ3n) is 2.44. The second-order valence-electron chi connectivity index (χ2n) is 3.73. The zero-order valence-corrected chi connectivity index (χ0v) is 10.6. The molecule has 0 spiro atoms. The first kappa shape index (κ1) is 14.5. The van der Waals surface area contributed by atoms with Crippen LogP contribution in [0.4, 0.5) is 13.2 Å². The van der Waals surface area contributed by atoms with E-state index in [1.165, 1.54) is 4.88 Å². The summed E-state index contributed by atoms with van der Waals surface area (Å²) in [5.74, 6) is 0. The van der Waals surface area contributed by atoms with Gasteiger partial charge in [0.2, 0.25) is 0 Å². The molecule has 0 saturated carbocycles. The normalized spacial score (nSPS) is 13.9. The number of aryl methyl sites for hydroxylation is 1. The first-order valence-corrected chi connectivity index (χ1v) is 6.17. The number of ether oxygens (including phenoxy) is 1. The summed E-state index contributed by atoms with van der Waals surface area (Å²) in [6.45, 7) is 0.924. The first-order chi connectivity index (χ1) is 7.94. The van der Waals surface area contributed by atoms with Gasteiger partial charge in [-0.25, -0.2) is 0 Å². The smallest absolute Gasteiger partial charge is 0.372 e. The van der Waals surface area contributed by atoms with Crippen LogP contribution in [0.15, 0.2) is 11.4 Å². The van der Waals surface area contributed by atoms with Gasteiger partial charge in [0.25, 0.3) is 0 Å². The van der Waals surface area contributed by atoms with Crippen LogP contribution in [-0.4, -0.2) is 26.4 Å². The summed E-state index contributed by atoms with van der Waals surface area (Å²) in [5, 5.41) is 5.07. The molecule has 0 aliphatic rings. The maximum absolute atomic E-state index is 11.9. The molecule has 0 radical (unpaired) electrons. The fraction of sp³-hybridized carbons (Fsp3) is 0.636. The monoisotopic (exact) mass is 267 g/mol. The zero-order valence-electron chi connectivity index (χ0n) is 9.80. The fourth-order valence-electron chi connectivity index (χ4n) is 1.60. The second-order valence-corrected chi connectivity index (χ2v) is 4.85. The summed E-state index contributed by atoms with van der Waals surface area (Å²) >= 11 is 1.63. The van der Waals surface area contributed by atoms with Crippen molar-refractivity contribution in [1.29, 1.82) is 0 Å². The molecule has 1 N–H and O–H groups in total. The molecule has 0 aliphatic heterocycles. The van der Waals surface area contributed by atoms with Crippen LogP contribution in [0, 0.1) is 6.92 Å². The predicted molar refractivity (Wildman–Crippen MR) is 62.3 cm³/mol. The average Bonchev–Trinajstić information content (AvgIpc) is 2.63. The molecule has 2 nitrogen and oxygen atoms in total. The van der Waals surface area contributed by atoms with Crippen LogP contribution in [0.1, 0.15) is 22.9 Å². The van der Waals surface area contributed by atoms with E-state index >= 15 is 0 Å². The second kappa shape index (κ2) is 6.37. The maximum Gasteiger partial charge on any atom is 0.411 e. The molecule has 0 bridgehead atoms. The summed E-state index contributed by atoms with van der Waals surface area (Å²) in [4.78, 5) is 1.18. The van der Waals surface area contributed by atoms with Gasteiger partial charge in [-0.3, -0.25) is 0 Å². The van der Waals surface area contributed by atoms with Crippen LogP contribution in [0.2, 0.25) is 0 Å². The fourth-order valence-corrected chi connectivity index (χ4v) is 2.37. The van der Waals surface area contributed by atoms with E-state index in [1.807, 2.05) is 18.4 Å². The summed E-state index contributed by atoms with van der Waals surface area (Å²) in [7, 11) is 1.80. The number of hydrogen-bond donors (Lipinski definition) is 1. The van der Waals surface area contributed by atoms with Crippen LogP contribution in [-0.2, 0) is 4.74 Å². The molecule has 0 fully saturated rings. The Morgan fingerprint density at radius 3 is 2.65 bits per heavy atom. The Labute approximate surface area is 103 Å². The molecular formula is C11H16F3NOS. The Kier molecular flexibility index (Phi) is 5.42. The number of rotatable bonds is 6. The van der Waals surface area contributed by atoms with Gasteiger partial charge in [-0.2, -0.15) is 13.2 Å². The van der Waals surface area contributed by atoms with E-state index < -0.39 is 12.8 Å². The molecule has 1 atom stereocenters. The lowest BCUT2D eigenvalue weighted by Crippen LogP contribution is -2.21. The largest absolute Gasteiger partial charge is 0.411 e. The Hall–Kier alpha value is -0.590. The number of thiophene rings is 1. The van der Waals surface area contributed by atoms with Crippen molar-refractivity contribution in [3.63, 3.8) is 0 Å². The van der Waals surface area contributed by atoms with Crippen molar-refractivity contribution in [3.8, 4) is 0 Å². The molecule has 1 aromatic rings. The van der Waals surface area contributed by atoms with Gasteiger partial charge < -0.3 is 10.1 Å². The Balaban J connectivity index is 2.37. The molecule has 0 aliphatic carbocycles. The minimum absolute atomic E-state index is 0.0504. The molecule has 6 heteroatoms. The molecular weight excluding hydrogens is 251 g/mol. The molecule has 1 unspecified atom stereocenters. The van der Waals surface area contributed by atoms with Crippen LogP contribution >= 0.6 is 11.3 Å². The average molecular weight is 267 g/mol. The Morgan fingerprint density at radius 2 is 2.18 bits per heavy atom. The quantitative estimate of drug-likeness (QED) is 0.799. The molecule has 0 aromatic carbocycles. The molecule has 0 saturated heterocycles. The molecule has 17 heavy (non-hydrogen) atoms. The van der Waals surface area contributed by atoms with Gasteiger partial charge in [0, 0.05) is 17.5 Å². The highest BCUT2D eigenvalue weighted by atomic mass is 32.1. The summed E-state index contributed by atoms with van der Waals surface area (Å²) in [6.07, 6.45) is -3.71. The highest BCUT2D eigenvalue weighted by Crippen LogP contribution is 2.25. The van der Waals surface area contributed by atoms with Gasteiger partial charge in [-0.15, -0.1) is 11.3 Å². The van der Waals surface area contributed by atoms with Crippen LogP contribution in [0.3, 0.4) is 0 Å². The van der Waals surface area contributed by atoms with E-state index in [2.05, 4.69) is 10.1 Å². The highest BCUT2D eigenvalue weighted by molar-refractivity contribution is 7.10. The number of hydrogen-bond acceptors (Lipinski definition) is 3. The minimum Gasteiger partial charge on any atom is -0.372 e. The molecule has 98 valence electrons. The standard InChI is InChI=1S/C11H16F3NOS/c1-8-9(4-6-17-8)10(15-2)3-5-16-7-11(12,13)14/h4,6,10,15H,3,5,7H2,1-2H3. The lowest BCUT2D eigenvalue weighted by atomic mass is 10.1. The van der Waals surface area contributed by atoms with Crippen molar-refractivity contribution < 1.29 is 17.9 Å². The molecule has 1 rings (SSSR count). The van der Waals surface area contributed by atoms with E-state index in [0.29, 0.717) is 6.42 Å². The number of alkyl halides is 3. The highest BCUT2D eigenvalue weighted by Gasteiger charge is 2.27. The van der Waals surface area contributed by atoms with Crippen molar-refractivity contribution in [2.75, 3.05) is 20.3 Å². The third kappa shape index (κ3) is 5.06. The van der Waals surface area contributed by atoms with Gasteiger partial charge in [-0.1, -0.05) is 0 Å². The van der Waals surface area contributed by atoms with Crippen molar-refractivity contribution in [3.05, 3.63) is 21.9 Å². The van der Waals surface area contributed by atoms with E-state index in [1.54, 1.807) is 18.4 Å². The zero-order chi connectivity index (χ0) is 12.9. The van der Waals surface area contributed by atoms with Crippen LogP contribution < -0.4 is 5.32 Å². The topological polar surface area (TPSA) is 21.3 Å². The predicted octanol–water partition coefficient (Wildman–Crippen LogP) is 3.29. The van der Waals surface area contributed by atoms with Crippen molar-refractivity contribution >= 4 is 11.3 Å². The molecule has 1 heterocycles. The SMILES string of the molecule is CNC(CCOCC(F)(F)F)c1ccsc1C. The van der Waals surface area contributed by atoms with E-state index in [4.69, 9.17) is 0 Å². The lowest BCUT2D eigenvalue weighted by Gasteiger charge is -2.16. The summed E-state index contributed by atoms with van der Waals surface area (Å²) in [6, 6.07) is 2.04.